The molecule has 0 saturated carbocycles. The van der Waals surface area contributed by atoms with Crippen molar-refractivity contribution in [3.63, 3.8) is 0 Å². The maximum atomic E-state index is 6.57. The molecule has 4 nitrogen and oxygen atoms in total. The summed E-state index contributed by atoms with van der Waals surface area (Å²) in [6.45, 7) is 0. The van der Waals surface area contributed by atoms with Crippen molar-refractivity contribution in [1.29, 1.82) is 0 Å². The fourth-order valence-electron chi connectivity index (χ4n) is 9.50. The lowest BCUT2D eigenvalue weighted by Crippen LogP contribution is -2.10. The minimum Gasteiger partial charge on any atom is -0.454 e. The van der Waals surface area contributed by atoms with Crippen molar-refractivity contribution in [3.8, 4) is 22.3 Å². The molecule has 0 unspecified atom stereocenters. The summed E-state index contributed by atoms with van der Waals surface area (Å²) in [6, 6.07) is 73.6. The van der Waals surface area contributed by atoms with E-state index in [4.69, 9.17) is 8.83 Å². The molecular weight excluding hydrogens is 733 g/mol. The molecule has 13 rings (SSSR count). The van der Waals surface area contributed by atoms with Gasteiger partial charge in [-0.15, -0.1) is 0 Å². The van der Waals surface area contributed by atoms with E-state index in [-0.39, 0.29) is 0 Å². The molecule has 0 radical (unpaired) electrons. The monoisotopic (exact) mass is 766 g/mol. The number of furan rings is 2. The third kappa shape index (κ3) is 4.91. The van der Waals surface area contributed by atoms with Crippen LogP contribution in [0.5, 0.6) is 0 Å². The molecule has 280 valence electrons. The van der Waals surface area contributed by atoms with Crippen molar-refractivity contribution in [3.05, 3.63) is 206 Å². The zero-order valence-corrected chi connectivity index (χ0v) is 32.3. The number of anilines is 6. The normalized spacial score (nSPS) is 12.0. The van der Waals surface area contributed by atoms with Gasteiger partial charge in [0.1, 0.15) is 11.2 Å². The van der Waals surface area contributed by atoms with Crippen LogP contribution in [0.4, 0.5) is 34.1 Å². The number of para-hydroxylation sites is 6. The average Bonchev–Trinajstić information content (AvgIpc) is 3.89. The van der Waals surface area contributed by atoms with Crippen molar-refractivity contribution in [2.75, 3.05) is 9.80 Å². The number of nitrogens with zero attached hydrogens (tertiary/aromatic N) is 2. The summed E-state index contributed by atoms with van der Waals surface area (Å²) >= 11 is 0. The molecule has 0 aliphatic heterocycles. The van der Waals surface area contributed by atoms with Gasteiger partial charge in [-0.25, -0.2) is 0 Å². The third-order valence-electron chi connectivity index (χ3n) is 12.3. The molecule has 60 heavy (non-hydrogen) atoms. The Bertz CT molecular complexity index is 3430. The first kappa shape index (κ1) is 32.9. The average molecular weight is 767 g/mol. The van der Waals surface area contributed by atoms with E-state index in [9.17, 15) is 0 Å². The Morgan fingerprint density at radius 1 is 0.267 bits per heavy atom. The van der Waals surface area contributed by atoms with Crippen molar-refractivity contribution in [2.45, 2.75) is 0 Å². The predicted molar refractivity (Wildman–Crippen MR) is 250 cm³/mol. The summed E-state index contributed by atoms with van der Waals surface area (Å²) in [5.41, 5.74) is 15.0. The second kappa shape index (κ2) is 12.7. The minimum absolute atomic E-state index is 0.875. The maximum Gasteiger partial charge on any atom is 0.159 e. The van der Waals surface area contributed by atoms with E-state index in [0.29, 0.717) is 0 Å². The summed E-state index contributed by atoms with van der Waals surface area (Å²) in [5, 5.41) is 9.27. The Labute approximate surface area is 345 Å². The van der Waals surface area contributed by atoms with Crippen LogP contribution >= 0.6 is 0 Å². The molecule has 0 fully saturated rings. The van der Waals surface area contributed by atoms with Crippen LogP contribution in [-0.2, 0) is 0 Å². The smallest absolute Gasteiger partial charge is 0.159 e. The Morgan fingerprint density at radius 3 is 1.10 bits per heavy atom. The SMILES string of the molecule is c1ccc(N(c2ccc3cc4c(cc3c2)-c2cc3cc(N(c5ccccc5)c5cccc6c5oc5ccccc56)ccc3cc2-4)c2cccc3c2oc2ccccc23)cc1. The van der Waals surface area contributed by atoms with Gasteiger partial charge in [-0.05, 0) is 141 Å². The van der Waals surface area contributed by atoms with Crippen LogP contribution in [0.15, 0.2) is 215 Å². The van der Waals surface area contributed by atoms with Crippen LogP contribution in [0.25, 0.3) is 87.7 Å². The fraction of sp³-hybridized carbons (Fsp3) is 0. The second-order valence-electron chi connectivity index (χ2n) is 15.7. The van der Waals surface area contributed by atoms with Crippen molar-refractivity contribution >= 4 is 99.5 Å². The largest absolute Gasteiger partial charge is 0.454 e. The van der Waals surface area contributed by atoms with Gasteiger partial charge >= 0.3 is 0 Å². The van der Waals surface area contributed by atoms with Crippen molar-refractivity contribution in [1.82, 2.24) is 0 Å². The van der Waals surface area contributed by atoms with Crippen LogP contribution in [0.2, 0.25) is 0 Å². The predicted octanol–water partition coefficient (Wildman–Crippen LogP) is 16.4. The Kier molecular flexibility index (Phi) is 6.98. The van der Waals surface area contributed by atoms with Crippen molar-refractivity contribution < 1.29 is 8.83 Å². The standard InChI is InChI=1S/C56H34N2O2/c1-3-13-39(14-4-1)57(51-21-11-19-45-43-17-7-9-23-53(43)59-55(45)51)41-27-25-35-31-47-48-32-36-26-28-42(30-38(36)34-50(48)49(47)33-37(35)29-41)58(40-15-5-2-6-16-40)52-22-12-20-46-44-18-8-10-24-54(44)60-56(46)52/h1-34H. The highest BCUT2D eigenvalue weighted by Gasteiger charge is 2.26. The van der Waals surface area contributed by atoms with Crippen LogP contribution in [0, 0.1) is 0 Å². The van der Waals surface area contributed by atoms with Gasteiger partial charge in [-0.2, -0.15) is 0 Å². The molecule has 4 heteroatoms. The Balaban J connectivity index is 0.929. The molecule has 12 aromatic rings. The lowest BCUT2D eigenvalue weighted by Gasteiger charge is -2.28. The quantitative estimate of drug-likeness (QED) is 0.169. The van der Waals surface area contributed by atoms with Gasteiger partial charge in [0.25, 0.3) is 0 Å². The highest BCUT2D eigenvalue weighted by molar-refractivity contribution is 6.14. The minimum atomic E-state index is 0.875. The van der Waals surface area contributed by atoms with Gasteiger partial charge in [0.15, 0.2) is 11.2 Å². The summed E-state index contributed by atoms with van der Waals surface area (Å²) in [6.07, 6.45) is 0. The molecule has 2 aromatic heterocycles. The highest BCUT2D eigenvalue weighted by atomic mass is 16.3. The van der Waals surface area contributed by atoms with E-state index < -0.39 is 0 Å². The summed E-state index contributed by atoms with van der Waals surface area (Å²) in [7, 11) is 0. The zero-order valence-electron chi connectivity index (χ0n) is 32.3. The second-order valence-corrected chi connectivity index (χ2v) is 15.7. The molecule has 0 spiro atoms. The topological polar surface area (TPSA) is 32.8 Å². The summed E-state index contributed by atoms with van der Waals surface area (Å²) in [4.78, 5) is 4.63. The van der Waals surface area contributed by atoms with E-state index in [1.807, 2.05) is 24.3 Å². The van der Waals surface area contributed by atoms with Gasteiger partial charge in [0.2, 0.25) is 0 Å². The molecular formula is C56H34N2O2. The van der Waals surface area contributed by atoms with Crippen LogP contribution in [-0.4, -0.2) is 0 Å². The summed E-state index contributed by atoms with van der Waals surface area (Å²) in [5.74, 6) is 0. The lowest BCUT2D eigenvalue weighted by molar-refractivity contribution is 0.668. The van der Waals surface area contributed by atoms with E-state index in [1.165, 1.54) is 43.8 Å². The van der Waals surface area contributed by atoms with Gasteiger partial charge in [-0.3, -0.25) is 0 Å². The van der Waals surface area contributed by atoms with Gasteiger partial charge in [0.05, 0.1) is 11.4 Å². The Morgan fingerprint density at radius 2 is 0.650 bits per heavy atom. The Hall–Kier alpha value is -8.08. The molecule has 0 bridgehead atoms. The first-order valence-corrected chi connectivity index (χ1v) is 20.4. The molecule has 0 N–H and O–H groups in total. The summed E-state index contributed by atoms with van der Waals surface area (Å²) < 4.78 is 13.1. The first-order valence-electron chi connectivity index (χ1n) is 20.4. The van der Waals surface area contributed by atoms with E-state index in [2.05, 4.69) is 192 Å². The van der Waals surface area contributed by atoms with E-state index in [1.54, 1.807) is 0 Å². The number of hydrogen-bond acceptors (Lipinski definition) is 4. The molecule has 1 aliphatic rings. The fourth-order valence-corrected chi connectivity index (χ4v) is 9.50. The van der Waals surface area contributed by atoms with E-state index >= 15 is 0 Å². The maximum absolute atomic E-state index is 6.57. The first-order chi connectivity index (χ1) is 29.7. The number of hydrogen-bond donors (Lipinski definition) is 0. The van der Waals surface area contributed by atoms with Gasteiger partial charge in [-0.1, -0.05) is 109 Å². The number of fused-ring (bicyclic) bond motifs is 12. The molecule has 10 aromatic carbocycles. The molecule has 0 amide bonds. The number of benzene rings is 10. The van der Waals surface area contributed by atoms with E-state index in [0.717, 1.165) is 78.0 Å². The van der Waals surface area contributed by atoms with Gasteiger partial charge < -0.3 is 18.6 Å². The molecule has 0 atom stereocenters. The lowest BCUT2D eigenvalue weighted by atomic mass is 9.78. The molecule has 2 heterocycles. The van der Waals surface area contributed by atoms with Crippen LogP contribution in [0.1, 0.15) is 0 Å². The third-order valence-corrected chi connectivity index (χ3v) is 12.3. The van der Waals surface area contributed by atoms with Crippen LogP contribution < -0.4 is 9.80 Å². The van der Waals surface area contributed by atoms with Crippen LogP contribution in [0.3, 0.4) is 0 Å². The number of rotatable bonds is 6. The molecule has 1 aliphatic carbocycles. The molecule has 0 saturated heterocycles. The zero-order chi connectivity index (χ0) is 39.3. The van der Waals surface area contributed by atoms with Crippen molar-refractivity contribution in [2.24, 2.45) is 0 Å². The van der Waals surface area contributed by atoms with Gasteiger partial charge in [0, 0.05) is 44.3 Å². The highest BCUT2D eigenvalue weighted by Crippen LogP contribution is 2.52.